The predicted octanol–water partition coefficient (Wildman–Crippen LogP) is 4.63. The molecule has 148 valence electrons. The minimum atomic E-state index is -0.431. The van der Waals surface area contributed by atoms with Gasteiger partial charge >= 0.3 is 5.97 Å². The molecule has 2 aromatic carbocycles. The maximum Gasteiger partial charge on any atom is 0.337 e. The Morgan fingerprint density at radius 3 is 2.79 bits per heavy atom. The van der Waals surface area contributed by atoms with E-state index in [1.54, 1.807) is 30.3 Å². The van der Waals surface area contributed by atoms with E-state index in [9.17, 15) is 9.59 Å². The summed E-state index contributed by atoms with van der Waals surface area (Å²) in [5, 5.41) is 4.17. The van der Waals surface area contributed by atoms with Gasteiger partial charge in [0, 0.05) is 28.8 Å². The molecule has 0 bridgehead atoms. The Morgan fingerprint density at radius 2 is 2.04 bits per heavy atom. The molecule has 3 rings (SSSR count). The number of hydrogen-bond acceptors (Lipinski definition) is 4. The van der Waals surface area contributed by atoms with Crippen LogP contribution in [0.2, 0.25) is 10.0 Å². The summed E-state index contributed by atoms with van der Waals surface area (Å²) < 4.78 is 4.72. The van der Waals surface area contributed by atoms with Crippen molar-refractivity contribution in [1.82, 2.24) is 4.90 Å². The second kappa shape index (κ2) is 9.41. The van der Waals surface area contributed by atoms with Crippen LogP contribution < -0.4 is 5.32 Å². The van der Waals surface area contributed by atoms with E-state index in [2.05, 4.69) is 10.2 Å². The van der Waals surface area contributed by atoms with Crippen LogP contribution in [0.5, 0.6) is 0 Å². The van der Waals surface area contributed by atoms with Gasteiger partial charge in [0.25, 0.3) is 0 Å². The van der Waals surface area contributed by atoms with Gasteiger partial charge in [-0.2, -0.15) is 0 Å². The highest BCUT2D eigenvalue weighted by Gasteiger charge is 2.26. The van der Waals surface area contributed by atoms with Crippen LogP contribution in [0.15, 0.2) is 42.5 Å². The van der Waals surface area contributed by atoms with E-state index in [-0.39, 0.29) is 11.8 Å². The molecule has 0 aromatic heterocycles. The summed E-state index contributed by atoms with van der Waals surface area (Å²) in [6, 6.07) is 12.2. The molecule has 0 saturated carbocycles. The number of likely N-dealkylation sites (tertiary alicyclic amines) is 1. The lowest BCUT2D eigenvalue weighted by Crippen LogP contribution is -2.40. The number of piperidine rings is 1. The second-order valence-corrected chi connectivity index (χ2v) is 7.72. The second-order valence-electron chi connectivity index (χ2n) is 6.87. The average molecular weight is 421 g/mol. The number of carbonyl (C=O) groups is 2. The van der Waals surface area contributed by atoms with Crippen molar-refractivity contribution >= 4 is 40.8 Å². The van der Waals surface area contributed by atoms with E-state index in [1.165, 1.54) is 7.11 Å². The monoisotopic (exact) mass is 420 g/mol. The summed E-state index contributed by atoms with van der Waals surface area (Å²) in [7, 11) is 1.33. The first-order valence-electron chi connectivity index (χ1n) is 9.12. The number of esters is 1. The van der Waals surface area contributed by atoms with Gasteiger partial charge in [0.2, 0.25) is 5.91 Å². The third-order valence-electron chi connectivity index (χ3n) is 4.84. The third kappa shape index (κ3) is 5.25. The number of nitrogens with zero attached hydrogens (tertiary/aromatic N) is 1. The molecular formula is C21H22Cl2N2O3. The zero-order valence-corrected chi connectivity index (χ0v) is 17.1. The van der Waals surface area contributed by atoms with Gasteiger partial charge in [0.05, 0.1) is 18.6 Å². The molecule has 1 N–H and O–H groups in total. The van der Waals surface area contributed by atoms with Gasteiger partial charge in [-0.25, -0.2) is 4.79 Å². The van der Waals surface area contributed by atoms with Gasteiger partial charge in [0.1, 0.15) is 0 Å². The smallest absolute Gasteiger partial charge is 0.337 e. The number of anilines is 1. The quantitative estimate of drug-likeness (QED) is 0.716. The van der Waals surface area contributed by atoms with E-state index in [4.69, 9.17) is 27.9 Å². The highest BCUT2D eigenvalue weighted by Crippen LogP contribution is 2.25. The molecule has 1 saturated heterocycles. The Morgan fingerprint density at radius 1 is 1.21 bits per heavy atom. The van der Waals surface area contributed by atoms with Crippen molar-refractivity contribution < 1.29 is 14.3 Å². The first-order valence-corrected chi connectivity index (χ1v) is 9.87. The van der Waals surface area contributed by atoms with Gasteiger partial charge in [-0.1, -0.05) is 35.3 Å². The fourth-order valence-electron chi connectivity index (χ4n) is 3.39. The molecule has 1 heterocycles. The zero-order chi connectivity index (χ0) is 20.1. The number of rotatable bonds is 5. The van der Waals surface area contributed by atoms with Crippen LogP contribution in [0.3, 0.4) is 0 Å². The molecule has 28 heavy (non-hydrogen) atoms. The van der Waals surface area contributed by atoms with Crippen LogP contribution in [-0.2, 0) is 16.1 Å². The number of nitrogens with one attached hydrogen (secondary N) is 1. The standard InChI is InChI=1S/C21H22Cl2N2O3/c1-28-21(27)14-4-2-6-18(10-14)24-20(26)16-5-3-9-25(13-16)12-15-7-8-17(22)11-19(15)23/h2,4,6-8,10-11,16H,3,5,9,12-13H2,1H3,(H,24,26). The van der Waals surface area contributed by atoms with E-state index in [1.807, 2.05) is 12.1 Å². The number of methoxy groups -OCH3 is 1. The van der Waals surface area contributed by atoms with Crippen molar-refractivity contribution in [2.45, 2.75) is 19.4 Å². The summed E-state index contributed by atoms with van der Waals surface area (Å²) in [4.78, 5) is 26.6. The van der Waals surface area contributed by atoms with E-state index in [0.29, 0.717) is 34.4 Å². The number of hydrogen-bond donors (Lipinski definition) is 1. The van der Waals surface area contributed by atoms with Gasteiger partial charge < -0.3 is 10.1 Å². The van der Waals surface area contributed by atoms with Crippen LogP contribution in [0.25, 0.3) is 0 Å². The number of carbonyl (C=O) groups excluding carboxylic acids is 2. The predicted molar refractivity (Wildman–Crippen MR) is 111 cm³/mol. The van der Waals surface area contributed by atoms with Crippen molar-refractivity contribution in [1.29, 1.82) is 0 Å². The number of halogens is 2. The van der Waals surface area contributed by atoms with Crippen LogP contribution in [0, 0.1) is 5.92 Å². The summed E-state index contributed by atoms with van der Waals surface area (Å²) in [6.45, 7) is 2.25. The molecule has 1 fully saturated rings. The maximum absolute atomic E-state index is 12.7. The first-order chi connectivity index (χ1) is 13.5. The number of amides is 1. The lowest BCUT2D eigenvalue weighted by Gasteiger charge is -2.32. The summed E-state index contributed by atoms with van der Waals surface area (Å²) in [6.07, 6.45) is 1.76. The lowest BCUT2D eigenvalue weighted by molar-refractivity contribution is -0.121. The summed E-state index contributed by atoms with van der Waals surface area (Å²) >= 11 is 12.2. The molecule has 1 aliphatic rings. The van der Waals surface area contributed by atoms with Crippen molar-refractivity contribution in [3.63, 3.8) is 0 Å². The third-order valence-corrected chi connectivity index (χ3v) is 5.42. The van der Waals surface area contributed by atoms with Crippen LogP contribution in [-0.4, -0.2) is 37.0 Å². The molecule has 7 heteroatoms. The maximum atomic E-state index is 12.7. The Hall–Kier alpha value is -2.08. The molecule has 5 nitrogen and oxygen atoms in total. The largest absolute Gasteiger partial charge is 0.465 e. The van der Waals surface area contributed by atoms with Gasteiger partial charge in [-0.3, -0.25) is 9.69 Å². The minimum Gasteiger partial charge on any atom is -0.465 e. The molecule has 0 spiro atoms. The van der Waals surface area contributed by atoms with Gasteiger partial charge in [-0.05, 0) is 55.3 Å². The number of benzene rings is 2. The SMILES string of the molecule is COC(=O)c1cccc(NC(=O)C2CCCN(Cc3ccc(Cl)cc3Cl)C2)c1. The zero-order valence-electron chi connectivity index (χ0n) is 15.6. The molecule has 1 unspecified atom stereocenters. The van der Waals surface area contributed by atoms with Gasteiger partial charge in [0.15, 0.2) is 0 Å². The molecule has 1 aliphatic heterocycles. The van der Waals surface area contributed by atoms with Crippen LogP contribution >= 0.6 is 23.2 Å². The van der Waals surface area contributed by atoms with Gasteiger partial charge in [-0.15, -0.1) is 0 Å². The number of ether oxygens (including phenoxy) is 1. The average Bonchev–Trinajstić information content (AvgIpc) is 2.70. The van der Waals surface area contributed by atoms with E-state index >= 15 is 0 Å². The Kier molecular flexibility index (Phi) is 6.94. The molecule has 1 atom stereocenters. The van der Waals surface area contributed by atoms with Crippen molar-refractivity contribution in [2.24, 2.45) is 5.92 Å². The molecule has 2 aromatic rings. The molecule has 1 amide bonds. The van der Waals surface area contributed by atoms with Crippen LogP contribution in [0.4, 0.5) is 5.69 Å². The molecule has 0 radical (unpaired) electrons. The Bertz CT molecular complexity index is 872. The van der Waals surface area contributed by atoms with Crippen molar-refractivity contribution in [3.05, 3.63) is 63.6 Å². The topological polar surface area (TPSA) is 58.6 Å². The molecular weight excluding hydrogens is 399 g/mol. The fourth-order valence-corrected chi connectivity index (χ4v) is 3.86. The normalized spacial score (nSPS) is 17.2. The molecule has 0 aliphatic carbocycles. The van der Waals surface area contributed by atoms with E-state index in [0.717, 1.165) is 24.9 Å². The summed E-state index contributed by atoms with van der Waals surface area (Å²) in [5.41, 5.74) is 1.99. The van der Waals surface area contributed by atoms with E-state index < -0.39 is 5.97 Å². The summed E-state index contributed by atoms with van der Waals surface area (Å²) in [5.74, 6) is -0.602. The fraction of sp³-hybridized carbons (Fsp3) is 0.333. The Labute approximate surface area is 174 Å². The Balaban J connectivity index is 1.62. The minimum absolute atomic E-state index is 0.0473. The van der Waals surface area contributed by atoms with Crippen LogP contribution in [0.1, 0.15) is 28.8 Å². The van der Waals surface area contributed by atoms with Crippen molar-refractivity contribution in [3.8, 4) is 0 Å². The van der Waals surface area contributed by atoms with Crippen molar-refractivity contribution in [2.75, 3.05) is 25.5 Å². The first kappa shape index (κ1) is 20.6. The highest BCUT2D eigenvalue weighted by atomic mass is 35.5. The highest BCUT2D eigenvalue weighted by molar-refractivity contribution is 6.35. The lowest BCUT2D eigenvalue weighted by atomic mass is 9.96.